The average molecular weight is 484 g/mol. The molecule has 180 valence electrons. The lowest BCUT2D eigenvalue weighted by Crippen LogP contribution is -2.37. The van der Waals surface area contributed by atoms with Crippen molar-refractivity contribution in [2.24, 2.45) is 0 Å². The van der Waals surface area contributed by atoms with Gasteiger partial charge in [0, 0.05) is 31.6 Å². The first kappa shape index (κ1) is 24.1. The minimum absolute atomic E-state index is 0.0169. The van der Waals surface area contributed by atoms with Crippen molar-refractivity contribution in [3.05, 3.63) is 53.9 Å². The van der Waals surface area contributed by atoms with Gasteiger partial charge in [-0.05, 0) is 74.6 Å². The van der Waals surface area contributed by atoms with Gasteiger partial charge in [0.1, 0.15) is 23.4 Å². The highest BCUT2D eigenvalue weighted by Crippen LogP contribution is 2.35. The number of ketones is 1. The molecule has 0 aliphatic carbocycles. The van der Waals surface area contributed by atoms with E-state index in [0.29, 0.717) is 43.0 Å². The Kier molecular flexibility index (Phi) is 6.86. The third-order valence-electron chi connectivity index (χ3n) is 6.11. The number of fused-ring (bicyclic) bond motifs is 1. The van der Waals surface area contributed by atoms with Crippen LogP contribution in [0.1, 0.15) is 55.6 Å². The van der Waals surface area contributed by atoms with E-state index in [2.05, 4.69) is 4.98 Å². The van der Waals surface area contributed by atoms with Gasteiger partial charge in [0.2, 0.25) is 10.0 Å². The molecule has 1 saturated heterocycles. The molecule has 1 aliphatic heterocycles. The lowest BCUT2D eigenvalue weighted by molar-refractivity contribution is -0.108. The second kappa shape index (κ2) is 9.68. The maximum atomic E-state index is 13.2. The number of hydrogen-bond donors (Lipinski definition) is 0. The molecule has 1 aromatic carbocycles. The lowest BCUT2D eigenvalue weighted by Gasteiger charge is -2.31. The van der Waals surface area contributed by atoms with Crippen LogP contribution in [0.5, 0.6) is 5.75 Å². The first-order valence-electron chi connectivity index (χ1n) is 11.4. The minimum atomic E-state index is -3.60. The quantitative estimate of drug-likeness (QED) is 0.357. The number of nitrogens with zero attached hydrogens (tertiary/aromatic N) is 3. The Morgan fingerprint density at radius 2 is 1.82 bits per heavy atom. The van der Waals surface area contributed by atoms with E-state index in [1.807, 2.05) is 26.1 Å². The topological polar surface area (TPSA) is 98.6 Å². The van der Waals surface area contributed by atoms with Crippen molar-refractivity contribution in [2.45, 2.75) is 57.1 Å². The van der Waals surface area contributed by atoms with Crippen LogP contribution >= 0.6 is 0 Å². The number of pyridine rings is 1. The Morgan fingerprint density at radius 1 is 1.15 bits per heavy atom. The molecule has 4 rings (SSSR count). The summed E-state index contributed by atoms with van der Waals surface area (Å²) in [6.45, 7) is 6.25. The van der Waals surface area contributed by atoms with Gasteiger partial charge in [-0.1, -0.05) is 0 Å². The Balaban J connectivity index is 1.53. The van der Waals surface area contributed by atoms with Crippen LogP contribution in [0, 0.1) is 0 Å². The molecule has 0 atom stereocenters. The Morgan fingerprint density at radius 3 is 2.41 bits per heavy atom. The molecule has 2 aromatic heterocycles. The molecule has 0 N–H and O–H groups in total. The predicted octanol–water partition coefficient (Wildman–Crippen LogP) is 3.79. The molecule has 0 saturated carbocycles. The molecule has 3 heterocycles. The second-order valence-electron chi connectivity index (χ2n) is 8.84. The van der Waals surface area contributed by atoms with Crippen LogP contribution < -0.4 is 4.74 Å². The number of ether oxygens (including phenoxy) is 1. The number of carbonyl (C=O) groups is 2. The van der Waals surface area contributed by atoms with Crippen LogP contribution in [-0.2, 0) is 21.4 Å². The highest BCUT2D eigenvalue weighted by molar-refractivity contribution is 7.89. The number of rotatable bonds is 8. The summed E-state index contributed by atoms with van der Waals surface area (Å²) in [5.41, 5.74) is 2.00. The number of benzene rings is 1. The van der Waals surface area contributed by atoms with E-state index in [1.54, 1.807) is 34.9 Å². The lowest BCUT2D eigenvalue weighted by atomic mass is 9.90. The molecule has 0 radical (unpaired) electrons. The Hall–Kier alpha value is -3.04. The van der Waals surface area contributed by atoms with E-state index >= 15 is 0 Å². The van der Waals surface area contributed by atoms with Crippen LogP contribution in [0.4, 0.5) is 0 Å². The first-order valence-corrected chi connectivity index (χ1v) is 12.9. The fourth-order valence-electron chi connectivity index (χ4n) is 4.45. The van der Waals surface area contributed by atoms with Crippen molar-refractivity contribution in [1.82, 2.24) is 13.9 Å². The Labute approximate surface area is 199 Å². The molecule has 1 aliphatic rings. The number of piperidine rings is 1. The smallest absolute Gasteiger partial charge is 0.243 e. The third kappa shape index (κ3) is 4.76. The maximum Gasteiger partial charge on any atom is 0.243 e. The number of Topliss-reactive ketones (excluding diaryl/α,β-unsaturated/α-hetero) is 1. The van der Waals surface area contributed by atoms with Gasteiger partial charge in [-0.3, -0.25) is 4.79 Å². The highest BCUT2D eigenvalue weighted by atomic mass is 32.2. The highest BCUT2D eigenvalue weighted by Gasteiger charge is 2.31. The minimum Gasteiger partial charge on any atom is -0.491 e. The van der Waals surface area contributed by atoms with Crippen LogP contribution in [0.25, 0.3) is 11.0 Å². The van der Waals surface area contributed by atoms with E-state index in [4.69, 9.17) is 4.74 Å². The summed E-state index contributed by atoms with van der Waals surface area (Å²) in [6.07, 6.45) is 4.05. The molecular formula is C25H29N3O5S. The van der Waals surface area contributed by atoms with E-state index in [-0.39, 0.29) is 29.2 Å². The number of carbonyl (C=O) groups excluding carboxylic acids is 2. The summed E-state index contributed by atoms with van der Waals surface area (Å²) >= 11 is 0. The second-order valence-corrected chi connectivity index (χ2v) is 10.8. The summed E-state index contributed by atoms with van der Waals surface area (Å²) in [7, 11) is -3.60. The molecule has 0 bridgehead atoms. The van der Waals surface area contributed by atoms with Gasteiger partial charge < -0.3 is 14.1 Å². The van der Waals surface area contributed by atoms with Crippen LogP contribution in [0.15, 0.2) is 47.5 Å². The third-order valence-corrected chi connectivity index (χ3v) is 8.02. The maximum absolute atomic E-state index is 13.2. The molecule has 0 amide bonds. The van der Waals surface area contributed by atoms with Gasteiger partial charge in [0.15, 0.2) is 5.78 Å². The van der Waals surface area contributed by atoms with Gasteiger partial charge in [0.25, 0.3) is 0 Å². The molecule has 9 heteroatoms. The van der Waals surface area contributed by atoms with Crippen molar-refractivity contribution in [3.63, 3.8) is 0 Å². The summed E-state index contributed by atoms with van der Waals surface area (Å²) in [5, 5.41) is 0.897. The molecule has 0 unspecified atom stereocenters. The van der Waals surface area contributed by atoms with Crippen LogP contribution in [0.3, 0.4) is 0 Å². The van der Waals surface area contributed by atoms with Gasteiger partial charge in [-0.2, -0.15) is 4.31 Å². The van der Waals surface area contributed by atoms with E-state index in [0.717, 1.165) is 17.2 Å². The van der Waals surface area contributed by atoms with Crippen molar-refractivity contribution in [2.75, 3.05) is 13.1 Å². The van der Waals surface area contributed by atoms with Crippen LogP contribution in [-0.4, -0.2) is 53.5 Å². The fraction of sp³-hybridized carbons (Fsp3) is 0.400. The van der Waals surface area contributed by atoms with E-state index in [1.165, 1.54) is 11.2 Å². The number of hydrogen-bond acceptors (Lipinski definition) is 6. The fourth-order valence-corrected chi connectivity index (χ4v) is 5.92. The monoisotopic (exact) mass is 483 g/mol. The molecule has 34 heavy (non-hydrogen) atoms. The zero-order valence-corrected chi connectivity index (χ0v) is 20.4. The molecule has 8 nitrogen and oxygen atoms in total. The first-order chi connectivity index (χ1) is 16.2. The molecule has 0 spiro atoms. The summed E-state index contributed by atoms with van der Waals surface area (Å²) in [4.78, 5) is 27.7. The van der Waals surface area contributed by atoms with Gasteiger partial charge in [0.05, 0.1) is 17.5 Å². The largest absolute Gasteiger partial charge is 0.491 e. The van der Waals surface area contributed by atoms with Gasteiger partial charge >= 0.3 is 0 Å². The van der Waals surface area contributed by atoms with Gasteiger partial charge in [-0.15, -0.1) is 0 Å². The SMILES string of the molecule is CC(=O)c1ccc2c(C3CCN(S(=O)(=O)c4ccc(OC(C)C)cc4)CC3)cn(CC=O)c2n1. The summed E-state index contributed by atoms with van der Waals surface area (Å²) in [5.74, 6) is 0.638. The van der Waals surface area contributed by atoms with Crippen molar-refractivity contribution < 1.29 is 22.7 Å². The standard InChI is InChI=1S/C25H29N3O5S/c1-17(2)33-20-4-6-21(7-5-20)34(31,32)28-12-10-19(11-13-28)23-16-27(14-15-29)25-22(23)8-9-24(26-25)18(3)30/h4-9,15-17,19H,10-14H2,1-3H3. The van der Waals surface area contributed by atoms with Gasteiger partial charge in [-0.25, -0.2) is 13.4 Å². The molecule has 1 fully saturated rings. The van der Waals surface area contributed by atoms with Crippen molar-refractivity contribution >= 4 is 33.1 Å². The molecular weight excluding hydrogens is 454 g/mol. The number of aromatic nitrogens is 2. The Bertz CT molecular complexity index is 1300. The zero-order valence-electron chi connectivity index (χ0n) is 19.6. The average Bonchev–Trinajstić information content (AvgIpc) is 3.17. The summed E-state index contributed by atoms with van der Waals surface area (Å²) in [6, 6.07) is 10.1. The van der Waals surface area contributed by atoms with Crippen molar-refractivity contribution in [3.8, 4) is 5.75 Å². The summed E-state index contributed by atoms with van der Waals surface area (Å²) < 4.78 is 35.2. The number of sulfonamides is 1. The van der Waals surface area contributed by atoms with Crippen LogP contribution in [0.2, 0.25) is 0 Å². The molecule has 3 aromatic rings. The van der Waals surface area contributed by atoms with Crippen molar-refractivity contribution in [1.29, 1.82) is 0 Å². The van der Waals surface area contributed by atoms with E-state index < -0.39 is 10.0 Å². The predicted molar refractivity (Wildman–Crippen MR) is 129 cm³/mol. The zero-order chi connectivity index (χ0) is 24.5. The normalized spacial score (nSPS) is 15.6. The number of aldehydes is 1. The van der Waals surface area contributed by atoms with E-state index in [9.17, 15) is 18.0 Å².